The molecular formula is C13H23NO3. The van der Waals surface area contributed by atoms with E-state index >= 15 is 0 Å². The molecule has 2 aliphatic heterocycles. The molecule has 0 aromatic heterocycles. The third kappa shape index (κ3) is 2.99. The van der Waals surface area contributed by atoms with Crippen LogP contribution in [0.5, 0.6) is 0 Å². The topological polar surface area (TPSA) is 49.8 Å². The number of hydrogen-bond donors (Lipinski definition) is 1. The first-order valence-corrected chi connectivity index (χ1v) is 6.70. The predicted octanol–water partition coefficient (Wildman–Crippen LogP) is 1.74. The zero-order chi connectivity index (χ0) is 12.4. The first-order chi connectivity index (χ1) is 8.08. The summed E-state index contributed by atoms with van der Waals surface area (Å²) in [6, 6.07) is -0.316. The Hall–Kier alpha value is -0.610. The smallest absolute Gasteiger partial charge is 0.321 e. The molecule has 98 valence electrons. The fraction of sp³-hybridized carbons (Fsp3) is 0.923. The minimum atomic E-state index is -0.678. The van der Waals surface area contributed by atoms with E-state index in [0.29, 0.717) is 6.10 Å². The van der Waals surface area contributed by atoms with Gasteiger partial charge in [-0.2, -0.15) is 0 Å². The van der Waals surface area contributed by atoms with E-state index in [2.05, 4.69) is 11.8 Å². The molecule has 4 unspecified atom stereocenters. The minimum absolute atomic E-state index is 0.233. The average molecular weight is 241 g/mol. The van der Waals surface area contributed by atoms with Gasteiger partial charge in [-0.1, -0.05) is 6.92 Å². The molecule has 0 aromatic rings. The Morgan fingerprint density at radius 3 is 2.71 bits per heavy atom. The second kappa shape index (κ2) is 5.36. The lowest BCUT2D eigenvalue weighted by molar-refractivity contribution is -0.147. The predicted molar refractivity (Wildman–Crippen MR) is 65.0 cm³/mol. The van der Waals surface area contributed by atoms with E-state index in [1.165, 1.54) is 0 Å². The highest BCUT2D eigenvalue weighted by Crippen LogP contribution is 2.26. The number of carboxylic acids is 1. The second-order valence-electron chi connectivity index (χ2n) is 5.54. The van der Waals surface area contributed by atoms with E-state index in [1.54, 1.807) is 0 Å². The summed E-state index contributed by atoms with van der Waals surface area (Å²) in [6.07, 6.45) is 4.87. The highest BCUT2D eigenvalue weighted by atomic mass is 16.5. The molecule has 4 heteroatoms. The van der Waals surface area contributed by atoms with Crippen molar-refractivity contribution in [3.63, 3.8) is 0 Å². The van der Waals surface area contributed by atoms with E-state index in [0.717, 1.165) is 38.8 Å². The SMILES string of the molecule is CC1CCC(CN2CCCC(C)C2C(=O)O)O1. The van der Waals surface area contributed by atoms with E-state index in [-0.39, 0.29) is 18.1 Å². The molecule has 4 atom stereocenters. The molecule has 0 bridgehead atoms. The molecule has 17 heavy (non-hydrogen) atoms. The number of aliphatic carboxylic acids is 1. The van der Waals surface area contributed by atoms with Crippen LogP contribution in [0.15, 0.2) is 0 Å². The van der Waals surface area contributed by atoms with Crippen LogP contribution >= 0.6 is 0 Å². The van der Waals surface area contributed by atoms with Crippen LogP contribution in [-0.2, 0) is 9.53 Å². The van der Waals surface area contributed by atoms with Gasteiger partial charge in [0.1, 0.15) is 6.04 Å². The van der Waals surface area contributed by atoms with Gasteiger partial charge in [-0.25, -0.2) is 0 Å². The third-order valence-electron chi connectivity index (χ3n) is 4.05. The Morgan fingerprint density at radius 1 is 1.35 bits per heavy atom. The van der Waals surface area contributed by atoms with Crippen LogP contribution in [0.25, 0.3) is 0 Å². The van der Waals surface area contributed by atoms with Crippen LogP contribution < -0.4 is 0 Å². The van der Waals surface area contributed by atoms with Crippen molar-refractivity contribution in [2.45, 2.75) is 57.8 Å². The Morgan fingerprint density at radius 2 is 2.12 bits per heavy atom. The molecule has 0 saturated carbocycles. The molecule has 2 aliphatic rings. The first-order valence-electron chi connectivity index (χ1n) is 6.70. The fourth-order valence-corrected chi connectivity index (χ4v) is 3.16. The zero-order valence-corrected chi connectivity index (χ0v) is 10.8. The number of likely N-dealkylation sites (tertiary alicyclic amines) is 1. The summed E-state index contributed by atoms with van der Waals surface area (Å²) in [4.78, 5) is 13.4. The number of piperidine rings is 1. The van der Waals surface area contributed by atoms with Crippen LogP contribution in [0.4, 0.5) is 0 Å². The molecule has 4 nitrogen and oxygen atoms in total. The maximum absolute atomic E-state index is 11.3. The molecule has 2 rings (SSSR count). The summed E-state index contributed by atoms with van der Waals surface area (Å²) in [5.74, 6) is -0.427. The Balaban J connectivity index is 1.95. The van der Waals surface area contributed by atoms with Crippen molar-refractivity contribution >= 4 is 5.97 Å². The molecule has 2 heterocycles. The molecule has 0 aromatic carbocycles. The first kappa shape index (κ1) is 12.8. The van der Waals surface area contributed by atoms with Crippen LogP contribution in [0.2, 0.25) is 0 Å². The van der Waals surface area contributed by atoms with Crippen molar-refractivity contribution in [2.24, 2.45) is 5.92 Å². The molecule has 0 aliphatic carbocycles. The highest BCUT2D eigenvalue weighted by molar-refractivity contribution is 5.74. The monoisotopic (exact) mass is 241 g/mol. The van der Waals surface area contributed by atoms with Crippen LogP contribution in [0, 0.1) is 5.92 Å². The van der Waals surface area contributed by atoms with Gasteiger partial charge in [0.25, 0.3) is 0 Å². The number of hydrogen-bond acceptors (Lipinski definition) is 3. The standard InChI is InChI=1S/C13H23NO3/c1-9-4-3-7-14(12(9)13(15)16)8-11-6-5-10(2)17-11/h9-12H,3-8H2,1-2H3,(H,15,16). The van der Waals surface area contributed by atoms with E-state index in [4.69, 9.17) is 4.74 Å². The number of ether oxygens (including phenoxy) is 1. The van der Waals surface area contributed by atoms with Gasteiger partial charge in [-0.05, 0) is 45.1 Å². The Kier molecular flexibility index (Phi) is 4.05. The van der Waals surface area contributed by atoms with Crippen molar-refractivity contribution in [2.75, 3.05) is 13.1 Å². The van der Waals surface area contributed by atoms with Crippen LogP contribution in [0.3, 0.4) is 0 Å². The number of nitrogens with zero attached hydrogens (tertiary/aromatic N) is 1. The van der Waals surface area contributed by atoms with Gasteiger partial charge in [-0.15, -0.1) is 0 Å². The van der Waals surface area contributed by atoms with Crippen molar-refractivity contribution in [1.29, 1.82) is 0 Å². The minimum Gasteiger partial charge on any atom is -0.480 e. The van der Waals surface area contributed by atoms with Gasteiger partial charge in [0.05, 0.1) is 12.2 Å². The van der Waals surface area contributed by atoms with Crippen molar-refractivity contribution < 1.29 is 14.6 Å². The van der Waals surface area contributed by atoms with E-state index in [1.807, 2.05) is 6.92 Å². The molecule has 0 spiro atoms. The van der Waals surface area contributed by atoms with E-state index in [9.17, 15) is 9.90 Å². The average Bonchev–Trinajstić information content (AvgIpc) is 2.63. The Labute approximate surface area is 103 Å². The summed E-state index contributed by atoms with van der Waals surface area (Å²) < 4.78 is 5.79. The summed E-state index contributed by atoms with van der Waals surface area (Å²) in [5, 5.41) is 9.32. The molecular weight excluding hydrogens is 218 g/mol. The quantitative estimate of drug-likeness (QED) is 0.817. The molecule has 0 amide bonds. The highest BCUT2D eigenvalue weighted by Gasteiger charge is 2.36. The summed E-state index contributed by atoms with van der Waals surface area (Å²) in [7, 11) is 0. The summed E-state index contributed by atoms with van der Waals surface area (Å²) in [5.41, 5.74) is 0. The van der Waals surface area contributed by atoms with Crippen LogP contribution in [0.1, 0.15) is 39.5 Å². The molecule has 2 saturated heterocycles. The van der Waals surface area contributed by atoms with Gasteiger partial charge in [0, 0.05) is 6.54 Å². The third-order valence-corrected chi connectivity index (χ3v) is 4.05. The van der Waals surface area contributed by atoms with Crippen molar-refractivity contribution in [3.05, 3.63) is 0 Å². The van der Waals surface area contributed by atoms with Gasteiger partial charge >= 0.3 is 5.97 Å². The lowest BCUT2D eigenvalue weighted by Gasteiger charge is -2.38. The normalized spacial score (nSPS) is 39.4. The van der Waals surface area contributed by atoms with Gasteiger partial charge in [-0.3, -0.25) is 9.69 Å². The number of carboxylic acid groups (broad SMARTS) is 1. The van der Waals surface area contributed by atoms with Crippen molar-refractivity contribution in [3.8, 4) is 0 Å². The molecule has 0 radical (unpaired) electrons. The number of carbonyl (C=O) groups is 1. The van der Waals surface area contributed by atoms with Gasteiger partial charge in [0.2, 0.25) is 0 Å². The van der Waals surface area contributed by atoms with Gasteiger partial charge < -0.3 is 9.84 Å². The van der Waals surface area contributed by atoms with Gasteiger partial charge in [0.15, 0.2) is 0 Å². The largest absolute Gasteiger partial charge is 0.480 e. The van der Waals surface area contributed by atoms with Crippen LogP contribution in [-0.4, -0.2) is 47.3 Å². The maximum Gasteiger partial charge on any atom is 0.321 e. The summed E-state index contributed by atoms with van der Waals surface area (Å²) >= 11 is 0. The maximum atomic E-state index is 11.3. The fourth-order valence-electron chi connectivity index (χ4n) is 3.16. The lowest BCUT2D eigenvalue weighted by atomic mass is 9.90. The van der Waals surface area contributed by atoms with E-state index < -0.39 is 5.97 Å². The molecule has 1 N–H and O–H groups in total. The molecule has 2 fully saturated rings. The second-order valence-corrected chi connectivity index (χ2v) is 5.54. The number of rotatable bonds is 3. The zero-order valence-electron chi connectivity index (χ0n) is 10.8. The Bertz CT molecular complexity index is 282. The summed E-state index contributed by atoms with van der Waals surface area (Å²) in [6.45, 7) is 5.82. The van der Waals surface area contributed by atoms with Crippen molar-refractivity contribution in [1.82, 2.24) is 4.90 Å². The lowest BCUT2D eigenvalue weighted by Crippen LogP contribution is -2.51.